The zero-order valence-corrected chi connectivity index (χ0v) is 14.1. The first kappa shape index (κ1) is 18.9. The second kappa shape index (κ2) is 10.7. The summed E-state index contributed by atoms with van der Waals surface area (Å²) in [5.74, 6) is 0.769. The van der Waals surface area contributed by atoms with Crippen LogP contribution in [0.4, 0.5) is 0 Å². The van der Waals surface area contributed by atoms with E-state index in [4.69, 9.17) is 5.73 Å². The summed E-state index contributed by atoms with van der Waals surface area (Å²) in [5, 5.41) is 3.66. The van der Waals surface area contributed by atoms with Crippen molar-refractivity contribution in [3.8, 4) is 0 Å². The second-order valence-corrected chi connectivity index (χ2v) is 7.27. The first-order valence-electron chi connectivity index (χ1n) is 8.33. The molecule has 19 heavy (non-hydrogen) atoms. The lowest BCUT2D eigenvalue weighted by molar-refractivity contribution is 0.292. The predicted octanol–water partition coefficient (Wildman–Crippen LogP) is 4.34. The highest BCUT2D eigenvalue weighted by atomic mass is 14.9. The van der Waals surface area contributed by atoms with Crippen molar-refractivity contribution in [1.82, 2.24) is 5.32 Å². The van der Waals surface area contributed by atoms with E-state index in [0.717, 1.165) is 25.4 Å². The van der Waals surface area contributed by atoms with Gasteiger partial charge in [0.15, 0.2) is 0 Å². The van der Waals surface area contributed by atoms with Gasteiger partial charge in [-0.05, 0) is 44.1 Å². The van der Waals surface area contributed by atoms with Crippen LogP contribution in [-0.4, -0.2) is 19.1 Å². The van der Waals surface area contributed by atoms with Gasteiger partial charge in [0, 0.05) is 12.6 Å². The van der Waals surface area contributed by atoms with Crippen LogP contribution < -0.4 is 11.1 Å². The summed E-state index contributed by atoms with van der Waals surface area (Å²) >= 11 is 0. The van der Waals surface area contributed by atoms with Gasteiger partial charge in [0.05, 0.1) is 0 Å². The summed E-state index contributed by atoms with van der Waals surface area (Å²) < 4.78 is 0. The van der Waals surface area contributed by atoms with Crippen molar-refractivity contribution in [2.45, 2.75) is 85.6 Å². The Bertz CT molecular complexity index is 199. The number of rotatable bonds is 12. The van der Waals surface area contributed by atoms with Crippen LogP contribution in [0.2, 0.25) is 0 Å². The van der Waals surface area contributed by atoms with Crippen molar-refractivity contribution in [1.29, 1.82) is 0 Å². The molecule has 0 rings (SSSR count). The fourth-order valence-electron chi connectivity index (χ4n) is 2.49. The largest absolute Gasteiger partial charge is 0.328 e. The molecule has 0 aliphatic carbocycles. The van der Waals surface area contributed by atoms with Crippen molar-refractivity contribution < 1.29 is 0 Å². The Morgan fingerprint density at radius 1 is 1.05 bits per heavy atom. The minimum atomic E-state index is 0.359. The number of nitrogens with two attached hydrogens (primary N) is 1. The molecule has 0 aliphatic heterocycles. The normalized spacial score (nSPS) is 15.5. The molecule has 0 aliphatic rings. The van der Waals surface area contributed by atoms with Crippen molar-refractivity contribution in [3.05, 3.63) is 0 Å². The van der Waals surface area contributed by atoms with E-state index < -0.39 is 0 Å². The molecule has 0 aromatic rings. The molecule has 0 radical (unpaired) electrons. The van der Waals surface area contributed by atoms with E-state index in [0.29, 0.717) is 11.5 Å². The zero-order chi connectivity index (χ0) is 14.7. The molecule has 0 aromatic heterocycles. The topological polar surface area (TPSA) is 38.0 Å². The number of nitrogens with one attached hydrogen (secondary N) is 1. The molecular formula is C17H38N2. The maximum absolute atomic E-state index is 5.78. The van der Waals surface area contributed by atoms with E-state index in [2.05, 4.69) is 39.9 Å². The van der Waals surface area contributed by atoms with Crippen molar-refractivity contribution in [3.63, 3.8) is 0 Å². The highest BCUT2D eigenvalue weighted by Gasteiger charge is 2.16. The molecule has 116 valence electrons. The summed E-state index contributed by atoms with van der Waals surface area (Å²) in [5.41, 5.74) is 6.22. The molecule has 0 aromatic carbocycles. The van der Waals surface area contributed by atoms with E-state index in [1.807, 2.05) is 0 Å². The first-order valence-corrected chi connectivity index (χ1v) is 8.33. The average molecular weight is 271 g/mol. The van der Waals surface area contributed by atoms with Crippen LogP contribution in [0.1, 0.15) is 79.6 Å². The summed E-state index contributed by atoms with van der Waals surface area (Å²) in [6.07, 6.45) is 9.12. The molecule has 0 saturated carbocycles. The van der Waals surface area contributed by atoms with Gasteiger partial charge >= 0.3 is 0 Å². The Kier molecular flexibility index (Phi) is 10.6. The third-order valence-electron chi connectivity index (χ3n) is 3.91. The highest BCUT2D eigenvalue weighted by Crippen LogP contribution is 2.22. The van der Waals surface area contributed by atoms with Crippen LogP contribution in [0, 0.1) is 11.3 Å². The Balaban J connectivity index is 3.58. The van der Waals surface area contributed by atoms with Crippen LogP contribution in [-0.2, 0) is 0 Å². The van der Waals surface area contributed by atoms with Crippen molar-refractivity contribution in [2.24, 2.45) is 17.1 Å². The standard InChI is InChI=1S/C17H38N2/c1-6-7-8-12-17(4,5)14-19-13-15(2)10-9-11-16(3)18/h15-16,19H,6-14,18H2,1-5H3. The Morgan fingerprint density at radius 3 is 2.32 bits per heavy atom. The maximum atomic E-state index is 5.78. The molecule has 3 N–H and O–H groups in total. The summed E-state index contributed by atoms with van der Waals surface area (Å²) in [6, 6.07) is 0.359. The van der Waals surface area contributed by atoms with Crippen LogP contribution in [0.5, 0.6) is 0 Å². The van der Waals surface area contributed by atoms with Crippen LogP contribution in [0.3, 0.4) is 0 Å². The quantitative estimate of drug-likeness (QED) is 0.518. The SMILES string of the molecule is CCCCCC(C)(C)CNCC(C)CCCC(C)N. The van der Waals surface area contributed by atoms with Gasteiger partial charge in [-0.2, -0.15) is 0 Å². The van der Waals surface area contributed by atoms with E-state index in [1.54, 1.807) is 0 Å². The second-order valence-electron chi connectivity index (χ2n) is 7.27. The lowest BCUT2D eigenvalue weighted by atomic mass is 9.86. The van der Waals surface area contributed by atoms with Crippen molar-refractivity contribution in [2.75, 3.05) is 13.1 Å². The van der Waals surface area contributed by atoms with Crippen molar-refractivity contribution >= 4 is 0 Å². The molecule has 2 heteroatoms. The Labute approximate surface area is 121 Å². The van der Waals surface area contributed by atoms with Gasteiger partial charge in [0.2, 0.25) is 0 Å². The van der Waals surface area contributed by atoms with E-state index in [1.165, 1.54) is 38.5 Å². The van der Waals surface area contributed by atoms with Gasteiger partial charge in [-0.25, -0.2) is 0 Å². The first-order chi connectivity index (χ1) is 8.87. The van der Waals surface area contributed by atoms with Crippen LogP contribution >= 0.6 is 0 Å². The van der Waals surface area contributed by atoms with E-state index >= 15 is 0 Å². The molecule has 0 amide bonds. The Morgan fingerprint density at radius 2 is 1.74 bits per heavy atom. The Hall–Kier alpha value is -0.0800. The number of unbranched alkanes of at least 4 members (excludes halogenated alkanes) is 2. The zero-order valence-electron chi connectivity index (χ0n) is 14.1. The highest BCUT2D eigenvalue weighted by molar-refractivity contribution is 4.72. The third-order valence-corrected chi connectivity index (χ3v) is 3.91. The molecule has 0 heterocycles. The molecule has 0 saturated heterocycles. The molecular weight excluding hydrogens is 232 g/mol. The summed E-state index contributed by atoms with van der Waals surface area (Å²) in [7, 11) is 0. The molecule has 0 bridgehead atoms. The molecule has 2 nitrogen and oxygen atoms in total. The smallest absolute Gasteiger partial charge is 0.00104 e. The summed E-state index contributed by atoms with van der Waals surface area (Å²) in [4.78, 5) is 0. The van der Waals surface area contributed by atoms with Gasteiger partial charge in [-0.1, -0.05) is 53.4 Å². The molecule has 0 fully saturated rings. The maximum Gasteiger partial charge on any atom is 0.00104 e. The van der Waals surface area contributed by atoms with Crippen LogP contribution in [0.25, 0.3) is 0 Å². The molecule has 2 atom stereocenters. The van der Waals surface area contributed by atoms with E-state index in [9.17, 15) is 0 Å². The minimum absolute atomic E-state index is 0.359. The van der Waals surface area contributed by atoms with Gasteiger partial charge in [0.25, 0.3) is 0 Å². The van der Waals surface area contributed by atoms with E-state index in [-0.39, 0.29) is 0 Å². The monoisotopic (exact) mass is 270 g/mol. The van der Waals surface area contributed by atoms with Gasteiger partial charge in [-0.3, -0.25) is 0 Å². The third kappa shape index (κ3) is 12.7. The minimum Gasteiger partial charge on any atom is -0.328 e. The predicted molar refractivity (Wildman–Crippen MR) is 87.5 cm³/mol. The van der Waals surface area contributed by atoms with Gasteiger partial charge in [0.1, 0.15) is 0 Å². The number of hydrogen-bond acceptors (Lipinski definition) is 2. The molecule has 2 unspecified atom stereocenters. The fraction of sp³-hybridized carbons (Fsp3) is 1.00. The van der Waals surface area contributed by atoms with Crippen LogP contribution in [0.15, 0.2) is 0 Å². The number of hydrogen-bond donors (Lipinski definition) is 2. The van der Waals surface area contributed by atoms with Gasteiger partial charge < -0.3 is 11.1 Å². The lowest BCUT2D eigenvalue weighted by Gasteiger charge is -2.26. The summed E-state index contributed by atoms with van der Waals surface area (Å²) in [6.45, 7) is 13.8. The lowest BCUT2D eigenvalue weighted by Crippen LogP contribution is -2.32. The van der Waals surface area contributed by atoms with Gasteiger partial charge in [-0.15, -0.1) is 0 Å². The fourth-order valence-corrected chi connectivity index (χ4v) is 2.49. The average Bonchev–Trinajstić information content (AvgIpc) is 2.28. The molecule has 0 spiro atoms.